The molecule has 1 aromatic carbocycles. The van der Waals surface area contributed by atoms with Gasteiger partial charge in [-0.05, 0) is 37.1 Å². The van der Waals surface area contributed by atoms with Crippen molar-refractivity contribution in [1.29, 1.82) is 0 Å². The van der Waals surface area contributed by atoms with Crippen LogP contribution in [0.15, 0.2) is 30.5 Å². The predicted octanol–water partition coefficient (Wildman–Crippen LogP) is 3.35. The Bertz CT molecular complexity index is 745. The number of hydrogen-bond acceptors (Lipinski definition) is 3. The number of carbonyl (C=O) groups is 1. The lowest BCUT2D eigenvalue weighted by Crippen LogP contribution is -2.20. The van der Waals surface area contributed by atoms with Crippen molar-refractivity contribution in [2.45, 2.75) is 12.8 Å². The van der Waals surface area contributed by atoms with Crippen LogP contribution in [0, 0.1) is 17.5 Å². The Balaban J connectivity index is 1.81. The molecule has 1 aliphatic rings. The molecule has 0 radical (unpaired) electrons. The van der Waals surface area contributed by atoms with Crippen LogP contribution in [0.2, 0.25) is 0 Å². The van der Waals surface area contributed by atoms with Crippen molar-refractivity contribution in [3.63, 3.8) is 0 Å². The molecule has 1 aromatic heterocycles. The van der Waals surface area contributed by atoms with Crippen LogP contribution < -0.4 is 10.2 Å². The summed E-state index contributed by atoms with van der Waals surface area (Å²) >= 11 is 0. The Kier molecular flexibility index (Phi) is 4.18. The van der Waals surface area contributed by atoms with Crippen LogP contribution >= 0.6 is 0 Å². The molecule has 0 saturated carbocycles. The van der Waals surface area contributed by atoms with Gasteiger partial charge in [0.2, 0.25) is 0 Å². The molecule has 3 rings (SSSR count). The Labute approximate surface area is 130 Å². The first-order chi connectivity index (χ1) is 11.1. The lowest BCUT2D eigenvalue weighted by molar-refractivity contribution is 0.102. The normalized spacial score (nSPS) is 14.1. The van der Waals surface area contributed by atoms with Crippen molar-refractivity contribution in [2.24, 2.45) is 0 Å². The zero-order valence-corrected chi connectivity index (χ0v) is 12.2. The molecule has 0 unspecified atom stereocenters. The van der Waals surface area contributed by atoms with Gasteiger partial charge in [-0.3, -0.25) is 9.78 Å². The first kappa shape index (κ1) is 15.3. The van der Waals surface area contributed by atoms with Crippen molar-refractivity contribution in [2.75, 3.05) is 23.3 Å². The summed E-state index contributed by atoms with van der Waals surface area (Å²) in [4.78, 5) is 18.2. The number of aromatic nitrogens is 1. The number of nitrogens with zero attached hydrogens (tertiary/aromatic N) is 2. The van der Waals surface area contributed by atoms with E-state index in [-0.39, 0.29) is 5.69 Å². The monoisotopic (exact) mass is 321 g/mol. The van der Waals surface area contributed by atoms with E-state index in [0.717, 1.165) is 43.8 Å². The summed E-state index contributed by atoms with van der Waals surface area (Å²) in [6, 6.07) is 5.11. The maximum Gasteiger partial charge on any atom is 0.274 e. The maximum atomic E-state index is 13.6. The number of rotatable bonds is 3. The summed E-state index contributed by atoms with van der Waals surface area (Å²) in [5.74, 6) is -5.05. The molecule has 120 valence electrons. The number of benzene rings is 1. The zero-order valence-electron chi connectivity index (χ0n) is 12.2. The van der Waals surface area contributed by atoms with Gasteiger partial charge in [-0.25, -0.2) is 13.2 Å². The van der Waals surface area contributed by atoms with E-state index in [9.17, 15) is 18.0 Å². The zero-order chi connectivity index (χ0) is 16.4. The van der Waals surface area contributed by atoms with Crippen LogP contribution in [-0.2, 0) is 0 Å². The fraction of sp³-hybridized carbons (Fsp3) is 0.250. The average Bonchev–Trinajstić information content (AvgIpc) is 3.10. The van der Waals surface area contributed by atoms with E-state index >= 15 is 0 Å². The van der Waals surface area contributed by atoms with Gasteiger partial charge in [-0.15, -0.1) is 0 Å². The number of anilines is 2. The Morgan fingerprint density at radius 1 is 1.09 bits per heavy atom. The number of nitrogens with one attached hydrogen (secondary N) is 1. The topological polar surface area (TPSA) is 45.2 Å². The molecule has 7 heteroatoms. The third-order valence-electron chi connectivity index (χ3n) is 3.73. The smallest absolute Gasteiger partial charge is 0.274 e. The van der Waals surface area contributed by atoms with Gasteiger partial charge in [-0.1, -0.05) is 0 Å². The molecular weight excluding hydrogens is 307 g/mol. The van der Waals surface area contributed by atoms with Crippen LogP contribution in [0.5, 0.6) is 0 Å². The van der Waals surface area contributed by atoms with E-state index in [4.69, 9.17) is 0 Å². The summed E-state index contributed by atoms with van der Waals surface area (Å²) in [6.45, 7) is 1.81. The highest BCUT2D eigenvalue weighted by Gasteiger charge is 2.18. The lowest BCUT2D eigenvalue weighted by atomic mass is 10.2. The molecule has 0 aliphatic carbocycles. The maximum absolute atomic E-state index is 13.6. The largest absolute Gasteiger partial charge is 0.371 e. The summed E-state index contributed by atoms with van der Waals surface area (Å²) in [6.07, 6.45) is 3.66. The molecule has 1 fully saturated rings. The van der Waals surface area contributed by atoms with Crippen molar-refractivity contribution in [3.05, 3.63) is 53.6 Å². The molecule has 1 amide bonds. The van der Waals surface area contributed by atoms with E-state index in [1.807, 2.05) is 0 Å². The number of carbonyl (C=O) groups excluding carboxylic acids is 1. The van der Waals surface area contributed by atoms with Gasteiger partial charge in [0.05, 0.1) is 5.69 Å². The first-order valence-electron chi connectivity index (χ1n) is 7.22. The quantitative estimate of drug-likeness (QED) is 0.882. The first-order valence-corrected chi connectivity index (χ1v) is 7.22. The standard InChI is InChI=1S/C16H14F3N3O/c17-11-3-4-12(15(19)14(11)18)21-16(23)13-9-10(5-6-20-13)22-7-1-2-8-22/h3-6,9H,1-2,7-8H2,(H,21,23). The lowest BCUT2D eigenvalue weighted by Gasteiger charge is -2.17. The molecular formula is C16H14F3N3O. The van der Waals surface area contributed by atoms with Crippen LogP contribution in [0.4, 0.5) is 24.5 Å². The van der Waals surface area contributed by atoms with Gasteiger partial charge in [0.15, 0.2) is 17.5 Å². The Morgan fingerprint density at radius 3 is 2.57 bits per heavy atom. The van der Waals surface area contributed by atoms with Crippen LogP contribution in [0.1, 0.15) is 23.3 Å². The van der Waals surface area contributed by atoms with Gasteiger partial charge in [0.1, 0.15) is 5.69 Å². The summed E-state index contributed by atoms with van der Waals surface area (Å²) in [7, 11) is 0. The van der Waals surface area contributed by atoms with E-state index in [1.165, 1.54) is 6.20 Å². The molecule has 0 bridgehead atoms. The molecule has 4 nitrogen and oxygen atoms in total. The molecule has 2 aromatic rings. The molecule has 1 saturated heterocycles. The third-order valence-corrected chi connectivity index (χ3v) is 3.73. The van der Waals surface area contributed by atoms with Crippen molar-refractivity contribution in [3.8, 4) is 0 Å². The number of pyridine rings is 1. The minimum Gasteiger partial charge on any atom is -0.371 e. The highest BCUT2D eigenvalue weighted by molar-refractivity contribution is 6.03. The Morgan fingerprint density at radius 2 is 1.83 bits per heavy atom. The number of amides is 1. The van der Waals surface area contributed by atoms with Gasteiger partial charge in [0, 0.05) is 25.0 Å². The van der Waals surface area contributed by atoms with Crippen LogP contribution in [0.25, 0.3) is 0 Å². The van der Waals surface area contributed by atoms with E-state index < -0.39 is 29.0 Å². The molecule has 0 spiro atoms. The SMILES string of the molecule is O=C(Nc1ccc(F)c(F)c1F)c1cc(N2CCCC2)ccn1. The van der Waals surface area contributed by atoms with E-state index in [0.29, 0.717) is 0 Å². The number of hydrogen-bond donors (Lipinski definition) is 1. The Hall–Kier alpha value is -2.57. The second-order valence-electron chi connectivity index (χ2n) is 5.27. The predicted molar refractivity (Wildman–Crippen MR) is 80.0 cm³/mol. The minimum absolute atomic E-state index is 0.0820. The fourth-order valence-corrected chi connectivity index (χ4v) is 2.52. The van der Waals surface area contributed by atoms with E-state index in [1.54, 1.807) is 12.1 Å². The van der Waals surface area contributed by atoms with Gasteiger partial charge < -0.3 is 10.2 Å². The fourth-order valence-electron chi connectivity index (χ4n) is 2.52. The van der Waals surface area contributed by atoms with Crippen LogP contribution in [0.3, 0.4) is 0 Å². The molecule has 0 atom stereocenters. The summed E-state index contributed by atoms with van der Waals surface area (Å²) < 4.78 is 39.7. The molecule has 1 aliphatic heterocycles. The number of halogens is 3. The van der Waals surface area contributed by atoms with Crippen molar-refractivity contribution < 1.29 is 18.0 Å². The van der Waals surface area contributed by atoms with E-state index in [2.05, 4.69) is 15.2 Å². The van der Waals surface area contributed by atoms with Gasteiger partial charge in [-0.2, -0.15) is 0 Å². The second kappa shape index (κ2) is 6.28. The average molecular weight is 321 g/mol. The summed E-state index contributed by atoms with van der Waals surface area (Å²) in [5, 5.41) is 2.21. The van der Waals surface area contributed by atoms with Gasteiger partial charge >= 0.3 is 0 Å². The van der Waals surface area contributed by atoms with Crippen molar-refractivity contribution in [1.82, 2.24) is 4.98 Å². The molecule has 2 heterocycles. The molecule has 23 heavy (non-hydrogen) atoms. The summed E-state index contributed by atoms with van der Waals surface area (Å²) in [5.41, 5.74) is 0.509. The highest BCUT2D eigenvalue weighted by Crippen LogP contribution is 2.22. The highest BCUT2D eigenvalue weighted by atomic mass is 19.2. The van der Waals surface area contributed by atoms with Gasteiger partial charge in [0.25, 0.3) is 5.91 Å². The minimum atomic E-state index is -1.62. The second-order valence-corrected chi connectivity index (χ2v) is 5.27. The third kappa shape index (κ3) is 3.13. The van der Waals surface area contributed by atoms with Crippen LogP contribution in [-0.4, -0.2) is 24.0 Å². The molecule has 1 N–H and O–H groups in total. The van der Waals surface area contributed by atoms with Crippen molar-refractivity contribution >= 4 is 17.3 Å².